The molecule has 1 aromatic heterocycles. The molecule has 1 spiro atoms. The van der Waals surface area contributed by atoms with Crippen molar-refractivity contribution in [2.45, 2.75) is 209 Å². The fourth-order valence-corrected chi connectivity index (χ4v) is 20.0. The van der Waals surface area contributed by atoms with Crippen molar-refractivity contribution in [1.82, 2.24) is 9.97 Å². The van der Waals surface area contributed by atoms with E-state index in [1.807, 2.05) is 0 Å². The second kappa shape index (κ2) is 15.0. The topological polar surface area (TPSA) is 70.5 Å². The van der Waals surface area contributed by atoms with Crippen LogP contribution in [0.4, 0.5) is 0 Å². The van der Waals surface area contributed by atoms with Crippen molar-refractivity contribution < 1.29 is 19.0 Å². The SMILES string of the molecule is CC(=O)O[C@@H]1C[C@H]2[C@@H](CC[C@H]3Cc4nc5c(nc4C[C@@]32C)C[C@@H]2CC[C@@H]3[C@H](CC[C@]4(C)[C@@H](C(C)CCCC(C)C)CC[C@@H]34)[C@@]2(C)C5)[C@@H]2C[C@@H]3O[C@]4(CC[C@@H](C)CO4)[C@@H](C)[C@@H]3[C@@]12C. The average molecular weight is 851 g/mol. The summed E-state index contributed by atoms with van der Waals surface area (Å²) in [4.78, 5) is 24.5. The van der Waals surface area contributed by atoms with Crippen LogP contribution in [0.15, 0.2) is 0 Å². The number of nitrogens with zero attached hydrogens (tertiary/aromatic N) is 2. The summed E-state index contributed by atoms with van der Waals surface area (Å²) in [6, 6.07) is 0. The maximum absolute atomic E-state index is 13.0. The van der Waals surface area contributed by atoms with Crippen LogP contribution in [-0.4, -0.2) is 40.5 Å². The number of aromatic nitrogens is 2. The normalized spacial score (nSPS) is 51.5. The maximum atomic E-state index is 13.0. The van der Waals surface area contributed by atoms with E-state index < -0.39 is 5.79 Å². The Hall–Kier alpha value is -1.53. The van der Waals surface area contributed by atoms with Crippen molar-refractivity contribution in [1.29, 1.82) is 0 Å². The molecule has 11 rings (SSSR count). The lowest BCUT2D eigenvalue weighted by Crippen LogP contribution is -2.60. The Bertz CT molecular complexity index is 1900. The minimum Gasteiger partial charge on any atom is -0.462 e. The number of hydrogen-bond acceptors (Lipinski definition) is 6. The van der Waals surface area contributed by atoms with Crippen LogP contribution < -0.4 is 0 Å². The molecule has 2 saturated heterocycles. The lowest BCUT2D eigenvalue weighted by molar-refractivity contribution is -0.274. The van der Waals surface area contributed by atoms with Gasteiger partial charge in [-0.15, -0.1) is 0 Å². The van der Waals surface area contributed by atoms with Crippen molar-refractivity contribution in [2.24, 2.45) is 105 Å². The highest BCUT2D eigenvalue weighted by atomic mass is 16.7. The fraction of sp³-hybridized carbons (Fsp3) is 0.911. The Kier molecular flexibility index (Phi) is 10.4. The maximum Gasteiger partial charge on any atom is 0.302 e. The predicted molar refractivity (Wildman–Crippen MR) is 245 cm³/mol. The van der Waals surface area contributed by atoms with Crippen LogP contribution in [0, 0.1) is 105 Å². The molecule has 0 bridgehead atoms. The highest BCUT2D eigenvalue weighted by molar-refractivity contribution is 5.66. The van der Waals surface area contributed by atoms with Crippen molar-refractivity contribution >= 4 is 5.97 Å². The summed E-state index contributed by atoms with van der Waals surface area (Å²) in [7, 11) is 0. The molecule has 1 aromatic rings. The molecule has 2 aliphatic heterocycles. The van der Waals surface area contributed by atoms with Gasteiger partial charge in [0.2, 0.25) is 0 Å². The third-order valence-corrected chi connectivity index (χ3v) is 23.2. The first kappa shape index (κ1) is 43.1. The summed E-state index contributed by atoms with van der Waals surface area (Å²) >= 11 is 0. The van der Waals surface area contributed by atoms with Gasteiger partial charge in [-0.05, 0) is 184 Å². The summed E-state index contributed by atoms with van der Waals surface area (Å²) in [5.74, 6) is 8.90. The van der Waals surface area contributed by atoms with E-state index in [-0.39, 0.29) is 29.0 Å². The van der Waals surface area contributed by atoms with E-state index >= 15 is 0 Å². The van der Waals surface area contributed by atoms with E-state index in [1.165, 1.54) is 93.4 Å². The summed E-state index contributed by atoms with van der Waals surface area (Å²) in [6.45, 7) is 25.2. The first-order valence-electron chi connectivity index (χ1n) is 26.8. The van der Waals surface area contributed by atoms with E-state index in [1.54, 1.807) is 6.92 Å². The van der Waals surface area contributed by atoms with Gasteiger partial charge in [0.15, 0.2) is 5.79 Å². The van der Waals surface area contributed by atoms with Crippen molar-refractivity contribution in [2.75, 3.05) is 6.61 Å². The molecule has 8 aliphatic carbocycles. The molecule has 20 atom stereocenters. The number of ether oxygens (including phenoxy) is 3. The predicted octanol–water partition coefficient (Wildman–Crippen LogP) is 12.4. The summed E-state index contributed by atoms with van der Waals surface area (Å²) in [5, 5.41) is 0. The lowest BCUT2D eigenvalue weighted by Gasteiger charge is -2.62. The number of rotatable bonds is 6. The first-order chi connectivity index (χ1) is 29.5. The summed E-state index contributed by atoms with van der Waals surface area (Å²) in [6.07, 6.45) is 24.1. The van der Waals surface area contributed by atoms with Crippen molar-refractivity contribution in [3.05, 3.63) is 22.8 Å². The number of carbonyl (C=O) groups excluding carboxylic acids is 1. The monoisotopic (exact) mass is 851 g/mol. The Labute approximate surface area is 376 Å². The molecule has 0 N–H and O–H groups in total. The third kappa shape index (κ3) is 6.20. The van der Waals surface area contributed by atoms with Crippen LogP contribution >= 0.6 is 0 Å². The summed E-state index contributed by atoms with van der Waals surface area (Å²) < 4.78 is 20.4. The zero-order valence-electron chi connectivity index (χ0n) is 40.9. The van der Waals surface area contributed by atoms with Gasteiger partial charge in [0, 0.05) is 30.6 Å². The number of esters is 1. The van der Waals surface area contributed by atoms with Crippen LogP contribution in [0.5, 0.6) is 0 Å². The Morgan fingerprint density at radius 1 is 0.726 bits per heavy atom. The van der Waals surface area contributed by atoms with Crippen LogP contribution in [0.2, 0.25) is 0 Å². The van der Waals surface area contributed by atoms with Crippen LogP contribution in [0.3, 0.4) is 0 Å². The lowest BCUT2D eigenvalue weighted by atomic mass is 9.43. The van der Waals surface area contributed by atoms with E-state index in [4.69, 9.17) is 24.2 Å². The van der Waals surface area contributed by atoms with Gasteiger partial charge in [-0.1, -0.05) is 81.6 Å². The van der Waals surface area contributed by atoms with Gasteiger partial charge >= 0.3 is 5.97 Å². The highest BCUT2D eigenvalue weighted by Gasteiger charge is 2.73. The molecule has 62 heavy (non-hydrogen) atoms. The third-order valence-electron chi connectivity index (χ3n) is 23.2. The molecule has 6 saturated carbocycles. The van der Waals surface area contributed by atoms with Gasteiger partial charge in [-0.3, -0.25) is 14.8 Å². The number of carbonyl (C=O) groups is 1. The quantitative estimate of drug-likeness (QED) is 0.266. The van der Waals surface area contributed by atoms with Gasteiger partial charge in [0.25, 0.3) is 0 Å². The standard InChI is InChI=1S/C56H86N2O4/c1-31(2)12-11-13-33(4)40-18-19-41-38-16-14-36-24-45-47(28-53(36,8)42(38)21-22-52(40,41)7)57-46-25-37-15-17-39-43(54(37,9)29-48(46)58-45)27-50(61-35(6)59)55(10)44(39)26-49-51(55)34(5)56(62-49)23-20-32(3)30-60-56/h31-34,36-44,49-51H,11-30H2,1-10H3/t32-,33?,34+,36+,37+,38+,39-,40-,41+,42+,43+,44+,49+,50-,51+,52-,53+,54+,55-,56-/m1/s1. The Morgan fingerprint density at radius 2 is 1.37 bits per heavy atom. The van der Waals surface area contributed by atoms with Crippen molar-refractivity contribution in [3.8, 4) is 0 Å². The van der Waals surface area contributed by atoms with Crippen LogP contribution in [-0.2, 0) is 44.7 Å². The van der Waals surface area contributed by atoms with Crippen molar-refractivity contribution in [3.63, 3.8) is 0 Å². The van der Waals surface area contributed by atoms with Gasteiger partial charge < -0.3 is 14.2 Å². The van der Waals surface area contributed by atoms with Gasteiger partial charge in [-0.25, -0.2) is 0 Å². The summed E-state index contributed by atoms with van der Waals surface area (Å²) in [5.41, 5.74) is 6.31. The zero-order valence-corrected chi connectivity index (χ0v) is 40.9. The van der Waals surface area contributed by atoms with Gasteiger partial charge in [0.1, 0.15) is 6.10 Å². The smallest absolute Gasteiger partial charge is 0.302 e. The number of fused-ring (bicyclic) bond motifs is 14. The molecular weight excluding hydrogens is 765 g/mol. The molecule has 0 aromatic carbocycles. The molecular formula is C56H86N2O4. The van der Waals surface area contributed by atoms with E-state index in [2.05, 4.69) is 62.3 Å². The van der Waals surface area contributed by atoms with E-state index in [0.717, 1.165) is 99.4 Å². The molecule has 1 unspecified atom stereocenters. The van der Waals surface area contributed by atoms with E-state index in [0.29, 0.717) is 52.3 Å². The first-order valence-corrected chi connectivity index (χ1v) is 26.8. The molecule has 3 heterocycles. The molecule has 344 valence electrons. The molecule has 6 nitrogen and oxygen atoms in total. The molecule has 10 aliphatic rings. The molecule has 8 fully saturated rings. The second-order valence-corrected chi connectivity index (χ2v) is 26.3. The average Bonchev–Trinajstić information content (AvgIpc) is 3.82. The van der Waals surface area contributed by atoms with Crippen LogP contribution in [0.1, 0.15) is 188 Å². The molecule has 6 heteroatoms. The molecule has 0 amide bonds. The van der Waals surface area contributed by atoms with Crippen LogP contribution in [0.25, 0.3) is 0 Å². The Morgan fingerprint density at radius 3 is 2.00 bits per heavy atom. The minimum absolute atomic E-state index is 0.0877. The number of hydrogen-bond donors (Lipinski definition) is 0. The largest absolute Gasteiger partial charge is 0.462 e. The van der Waals surface area contributed by atoms with E-state index in [9.17, 15) is 4.79 Å². The second-order valence-electron chi connectivity index (χ2n) is 26.3. The zero-order chi connectivity index (χ0) is 43.3. The van der Waals surface area contributed by atoms with Gasteiger partial charge in [0.05, 0.1) is 35.5 Å². The fourth-order valence-electron chi connectivity index (χ4n) is 20.0. The Balaban J connectivity index is 0.828. The highest BCUT2D eigenvalue weighted by Crippen LogP contribution is 2.72. The molecule has 0 radical (unpaired) electrons. The van der Waals surface area contributed by atoms with Gasteiger partial charge in [-0.2, -0.15) is 0 Å². The minimum atomic E-state index is -0.471.